The lowest BCUT2D eigenvalue weighted by Gasteiger charge is -2.42. The summed E-state index contributed by atoms with van der Waals surface area (Å²) in [5, 5.41) is 9.74. The molecule has 0 aromatic carbocycles. The van der Waals surface area contributed by atoms with Crippen molar-refractivity contribution in [2.45, 2.75) is 59.6 Å². The summed E-state index contributed by atoms with van der Waals surface area (Å²) in [6, 6.07) is 0.680. The van der Waals surface area contributed by atoms with Gasteiger partial charge in [-0.2, -0.15) is 0 Å². The lowest BCUT2D eigenvalue weighted by atomic mass is 9.84. The van der Waals surface area contributed by atoms with E-state index in [1.807, 2.05) is 6.92 Å². The molecule has 0 bridgehead atoms. The topological polar surface area (TPSA) is 23.5 Å². The van der Waals surface area contributed by atoms with Crippen molar-refractivity contribution in [3.8, 4) is 0 Å². The summed E-state index contributed by atoms with van der Waals surface area (Å²) in [6.45, 7) is 13.1. The minimum atomic E-state index is -0.234. The Labute approximate surface area is 94.7 Å². The van der Waals surface area contributed by atoms with Gasteiger partial charge in [0.15, 0.2) is 0 Å². The van der Waals surface area contributed by atoms with Gasteiger partial charge in [0.05, 0.1) is 6.10 Å². The van der Waals surface area contributed by atoms with Crippen molar-refractivity contribution < 1.29 is 5.11 Å². The number of hydrogen-bond donors (Lipinski definition) is 1. The molecule has 1 aliphatic rings. The van der Waals surface area contributed by atoms with Gasteiger partial charge in [0.2, 0.25) is 0 Å². The van der Waals surface area contributed by atoms with Crippen LogP contribution in [0.15, 0.2) is 0 Å². The molecule has 90 valence electrons. The summed E-state index contributed by atoms with van der Waals surface area (Å²) < 4.78 is 0. The summed E-state index contributed by atoms with van der Waals surface area (Å²) in [5.41, 5.74) is 0.00528. The van der Waals surface area contributed by atoms with E-state index >= 15 is 0 Å². The zero-order valence-electron chi connectivity index (χ0n) is 11.0. The number of piperidine rings is 1. The third-order valence-corrected chi connectivity index (χ3v) is 3.99. The van der Waals surface area contributed by atoms with Crippen LogP contribution in [0, 0.1) is 11.3 Å². The second-order valence-corrected chi connectivity index (χ2v) is 6.13. The van der Waals surface area contributed by atoms with Crippen molar-refractivity contribution in [2.24, 2.45) is 11.3 Å². The summed E-state index contributed by atoms with van der Waals surface area (Å²) in [7, 11) is 0. The Balaban J connectivity index is 2.55. The highest BCUT2D eigenvalue weighted by molar-refractivity contribution is 4.84. The fraction of sp³-hybridized carbons (Fsp3) is 1.00. The Morgan fingerprint density at radius 2 is 1.93 bits per heavy atom. The molecule has 0 aromatic rings. The maximum Gasteiger partial charge on any atom is 0.0575 e. The van der Waals surface area contributed by atoms with Gasteiger partial charge in [-0.1, -0.05) is 20.8 Å². The normalized spacial score (nSPS) is 31.6. The van der Waals surface area contributed by atoms with E-state index < -0.39 is 0 Å². The summed E-state index contributed by atoms with van der Waals surface area (Å²) in [4.78, 5) is 2.54. The van der Waals surface area contributed by atoms with E-state index in [-0.39, 0.29) is 11.5 Å². The fourth-order valence-electron chi connectivity index (χ4n) is 2.26. The summed E-state index contributed by atoms with van der Waals surface area (Å²) >= 11 is 0. The average molecular weight is 213 g/mol. The molecule has 0 spiro atoms. The maximum absolute atomic E-state index is 9.74. The van der Waals surface area contributed by atoms with Crippen LogP contribution >= 0.6 is 0 Å². The number of rotatable bonds is 3. The molecule has 1 aliphatic heterocycles. The molecule has 3 atom stereocenters. The van der Waals surface area contributed by atoms with E-state index in [4.69, 9.17) is 0 Å². The standard InChI is InChI=1S/C13H27NO/c1-10-6-7-11(2)14(8-10)9-13(4,5)12(3)15/h10-12,15H,6-9H2,1-5H3. The van der Waals surface area contributed by atoms with Crippen molar-refractivity contribution >= 4 is 0 Å². The minimum absolute atomic E-state index is 0.00528. The van der Waals surface area contributed by atoms with Gasteiger partial charge in [0.25, 0.3) is 0 Å². The van der Waals surface area contributed by atoms with Crippen LogP contribution in [-0.2, 0) is 0 Å². The molecule has 0 saturated carbocycles. The van der Waals surface area contributed by atoms with Gasteiger partial charge >= 0.3 is 0 Å². The molecule has 0 radical (unpaired) electrons. The molecule has 1 N–H and O–H groups in total. The molecule has 15 heavy (non-hydrogen) atoms. The Kier molecular flexibility index (Phi) is 4.19. The minimum Gasteiger partial charge on any atom is -0.393 e. The number of aliphatic hydroxyl groups is 1. The van der Waals surface area contributed by atoms with E-state index in [0.717, 1.165) is 12.5 Å². The number of hydrogen-bond acceptors (Lipinski definition) is 2. The third kappa shape index (κ3) is 3.46. The Morgan fingerprint density at radius 3 is 2.47 bits per heavy atom. The Morgan fingerprint density at radius 1 is 1.33 bits per heavy atom. The second kappa shape index (κ2) is 4.84. The average Bonchev–Trinajstić information content (AvgIpc) is 2.10. The van der Waals surface area contributed by atoms with Crippen LogP contribution in [0.3, 0.4) is 0 Å². The van der Waals surface area contributed by atoms with Crippen molar-refractivity contribution in [1.29, 1.82) is 0 Å². The lowest BCUT2D eigenvalue weighted by molar-refractivity contribution is 0.00750. The Hall–Kier alpha value is -0.0800. The van der Waals surface area contributed by atoms with Crippen LogP contribution in [0.4, 0.5) is 0 Å². The van der Waals surface area contributed by atoms with E-state index in [1.54, 1.807) is 0 Å². The highest BCUT2D eigenvalue weighted by Crippen LogP contribution is 2.28. The van der Waals surface area contributed by atoms with Gasteiger partial charge in [0, 0.05) is 24.5 Å². The van der Waals surface area contributed by atoms with Gasteiger partial charge in [-0.3, -0.25) is 4.90 Å². The van der Waals surface area contributed by atoms with E-state index in [0.29, 0.717) is 6.04 Å². The van der Waals surface area contributed by atoms with E-state index in [1.165, 1.54) is 19.4 Å². The van der Waals surface area contributed by atoms with Gasteiger partial charge in [-0.05, 0) is 32.6 Å². The number of likely N-dealkylation sites (tertiary alicyclic amines) is 1. The first-order valence-corrected chi connectivity index (χ1v) is 6.25. The molecular weight excluding hydrogens is 186 g/mol. The zero-order valence-corrected chi connectivity index (χ0v) is 11.0. The highest BCUT2D eigenvalue weighted by atomic mass is 16.3. The van der Waals surface area contributed by atoms with E-state index in [9.17, 15) is 5.11 Å². The predicted molar refractivity (Wildman–Crippen MR) is 64.9 cm³/mol. The first kappa shape index (κ1) is 13.0. The third-order valence-electron chi connectivity index (χ3n) is 3.99. The summed E-state index contributed by atoms with van der Waals surface area (Å²) in [5.74, 6) is 0.811. The maximum atomic E-state index is 9.74. The number of nitrogens with zero attached hydrogens (tertiary/aromatic N) is 1. The first-order valence-electron chi connectivity index (χ1n) is 6.25. The number of aliphatic hydroxyl groups excluding tert-OH is 1. The monoisotopic (exact) mass is 213 g/mol. The van der Waals surface area contributed by atoms with Crippen LogP contribution in [0.5, 0.6) is 0 Å². The molecule has 1 rings (SSSR count). The highest BCUT2D eigenvalue weighted by Gasteiger charge is 2.31. The quantitative estimate of drug-likeness (QED) is 0.778. The fourth-order valence-corrected chi connectivity index (χ4v) is 2.26. The molecule has 0 aromatic heterocycles. The van der Waals surface area contributed by atoms with Crippen molar-refractivity contribution in [3.63, 3.8) is 0 Å². The molecule has 0 amide bonds. The molecule has 2 heteroatoms. The lowest BCUT2D eigenvalue weighted by Crippen LogP contribution is -2.48. The van der Waals surface area contributed by atoms with Crippen molar-refractivity contribution in [2.75, 3.05) is 13.1 Å². The van der Waals surface area contributed by atoms with Crippen LogP contribution < -0.4 is 0 Å². The molecule has 1 heterocycles. The molecular formula is C13H27NO. The second-order valence-electron chi connectivity index (χ2n) is 6.13. The van der Waals surface area contributed by atoms with Gasteiger partial charge in [0.1, 0.15) is 0 Å². The van der Waals surface area contributed by atoms with Crippen LogP contribution in [0.1, 0.15) is 47.5 Å². The van der Waals surface area contributed by atoms with Crippen LogP contribution in [0.25, 0.3) is 0 Å². The largest absolute Gasteiger partial charge is 0.393 e. The Bertz CT molecular complexity index is 201. The zero-order chi connectivity index (χ0) is 11.6. The molecule has 1 fully saturated rings. The van der Waals surface area contributed by atoms with E-state index in [2.05, 4.69) is 32.6 Å². The molecule has 3 unspecified atom stereocenters. The molecule has 1 saturated heterocycles. The van der Waals surface area contributed by atoms with Gasteiger partial charge < -0.3 is 5.11 Å². The van der Waals surface area contributed by atoms with Crippen molar-refractivity contribution in [1.82, 2.24) is 4.90 Å². The first-order chi connectivity index (χ1) is 6.83. The predicted octanol–water partition coefficient (Wildman–Crippen LogP) is 2.51. The van der Waals surface area contributed by atoms with Gasteiger partial charge in [-0.25, -0.2) is 0 Å². The SMILES string of the molecule is CC1CCC(C)N(CC(C)(C)C(C)O)C1. The smallest absolute Gasteiger partial charge is 0.0575 e. The summed E-state index contributed by atoms with van der Waals surface area (Å²) in [6.07, 6.45) is 2.42. The molecule has 2 nitrogen and oxygen atoms in total. The van der Waals surface area contributed by atoms with Crippen molar-refractivity contribution in [3.05, 3.63) is 0 Å². The van der Waals surface area contributed by atoms with Crippen LogP contribution in [0.2, 0.25) is 0 Å². The molecule has 0 aliphatic carbocycles. The van der Waals surface area contributed by atoms with Gasteiger partial charge in [-0.15, -0.1) is 0 Å². The van der Waals surface area contributed by atoms with Crippen LogP contribution in [-0.4, -0.2) is 35.2 Å².